The van der Waals surface area contributed by atoms with Crippen LogP contribution < -0.4 is 10.1 Å². The molecule has 1 aliphatic carbocycles. The van der Waals surface area contributed by atoms with E-state index in [9.17, 15) is 4.79 Å². The molecule has 3 rings (SSSR count). The number of benzene rings is 1. The molecular weight excluding hydrogens is 226 g/mol. The molecule has 0 unspecified atom stereocenters. The third kappa shape index (κ3) is 1.61. The Morgan fingerprint density at radius 3 is 2.83 bits per heavy atom. The standard InChI is InChI=1S/C15H19NO2/c1-18-12-6-4-5-11(9-12)13-10-16-14(17)15(13)7-2-3-8-15/h4-6,9,13H,2-3,7-8,10H2,1H3,(H,16,17)/t13-/m0/s1. The number of nitrogens with one attached hydrogen (secondary N) is 1. The minimum Gasteiger partial charge on any atom is -0.497 e. The van der Waals surface area contributed by atoms with Crippen molar-refractivity contribution in [3.63, 3.8) is 0 Å². The summed E-state index contributed by atoms with van der Waals surface area (Å²) in [6.07, 6.45) is 4.41. The monoisotopic (exact) mass is 245 g/mol. The average Bonchev–Trinajstić information content (AvgIpc) is 3.00. The Morgan fingerprint density at radius 2 is 2.11 bits per heavy atom. The first-order chi connectivity index (χ1) is 8.76. The van der Waals surface area contributed by atoms with Gasteiger partial charge in [-0.2, -0.15) is 0 Å². The Hall–Kier alpha value is -1.51. The number of carbonyl (C=O) groups is 1. The molecular formula is C15H19NO2. The smallest absolute Gasteiger partial charge is 0.226 e. The van der Waals surface area contributed by atoms with Gasteiger partial charge in [-0.05, 0) is 30.5 Å². The molecule has 3 nitrogen and oxygen atoms in total. The van der Waals surface area contributed by atoms with Crippen molar-refractivity contribution in [3.05, 3.63) is 29.8 Å². The van der Waals surface area contributed by atoms with E-state index < -0.39 is 0 Å². The summed E-state index contributed by atoms with van der Waals surface area (Å²) >= 11 is 0. The second kappa shape index (κ2) is 4.30. The van der Waals surface area contributed by atoms with Crippen LogP contribution in [0.15, 0.2) is 24.3 Å². The topological polar surface area (TPSA) is 38.3 Å². The van der Waals surface area contributed by atoms with Crippen LogP contribution in [0, 0.1) is 5.41 Å². The van der Waals surface area contributed by atoms with Gasteiger partial charge >= 0.3 is 0 Å². The number of rotatable bonds is 2. The van der Waals surface area contributed by atoms with Crippen LogP contribution in [0.1, 0.15) is 37.2 Å². The van der Waals surface area contributed by atoms with Gasteiger partial charge in [0.1, 0.15) is 5.75 Å². The summed E-state index contributed by atoms with van der Waals surface area (Å²) in [7, 11) is 1.68. The number of methoxy groups -OCH3 is 1. The van der Waals surface area contributed by atoms with E-state index in [1.807, 2.05) is 12.1 Å². The van der Waals surface area contributed by atoms with E-state index in [4.69, 9.17) is 4.74 Å². The van der Waals surface area contributed by atoms with E-state index in [0.29, 0.717) is 5.92 Å². The summed E-state index contributed by atoms with van der Waals surface area (Å²) < 4.78 is 5.29. The van der Waals surface area contributed by atoms with Crippen LogP contribution in [-0.4, -0.2) is 19.6 Å². The number of hydrogen-bond acceptors (Lipinski definition) is 2. The third-order valence-electron chi connectivity index (χ3n) is 4.58. The molecule has 3 heteroatoms. The molecule has 1 atom stereocenters. The zero-order chi connectivity index (χ0) is 12.6. The minimum atomic E-state index is -0.146. The first-order valence-electron chi connectivity index (χ1n) is 6.68. The van der Waals surface area contributed by atoms with E-state index in [2.05, 4.69) is 17.4 Å². The summed E-state index contributed by atoms with van der Waals surface area (Å²) in [5.41, 5.74) is 1.08. The molecule has 96 valence electrons. The highest BCUT2D eigenvalue weighted by Gasteiger charge is 2.51. The maximum absolute atomic E-state index is 12.2. The molecule has 1 spiro atoms. The number of amides is 1. The maximum Gasteiger partial charge on any atom is 0.226 e. The quantitative estimate of drug-likeness (QED) is 0.869. The van der Waals surface area contributed by atoms with E-state index in [1.165, 1.54) is 18.4 Å². The van der Waals surface area contributed by atoms with Crippen LogP contribution in [0.2, 0.25) is 0 Å². The molecule has 1 aromatic rings. The van der Waals surface area contributed by atoms with Crippen molar-refractivity contribution in [2.45, 2.75) is 31.6 Å². The van der Waals surface area contributed by atoms with Crippen LogP contribution in [-0.2, 0) is 4.79 Å². The normalized spacial score (nSPS) is 25.4. The van der Waals surface area contributed by atoms with Crippen LogP contribution in [0.3, 0.4) is 0 Å². The molecule has 1 amide bonds. The average molecular weight is 245 g/mol. The molecule has 1 N–H and O–H groups in total. The molecule has 0 aromatic heterocycles. The fourth-order valence-electron chi connectivity index (χ4n) is 3.60. The maximum atomic E-state index is 12.2. The predicted octanol–water partition coefficient (Wildman–Crippen LogP) is 2.47. The van der Waals surface area contributed by atoms with Crippen molar-refractivity contribution in [3.8, 4) is 5.75 Å². The lowest BCUT2D eigenvalue weighted by atomic mass is 9.73. The van der Waals surface area contributed by atoms with Gasteiger partial charge in [-0.15, -0.1) is 0 Å². The predicted molar refractivity (Wildman–Crippen MR) is 69.6 cm³/mol. The minimum absolute atomic E-state index is 0.146. The van der Waals surface area contributed by atoms with Crippen LogP contribution in [0.4, 0.5) is 0 Å². The molecule has 0 bridgehead atoms. The van der Waals surface area contributed by atoms with E-state index in [1.54, 1.807) is 7.11 Å². The fraction of sp³-hybridized carbons (Fsp3) is 0.533. The van der Waals surface area contributed by atoms with Gasteiger partial charge in [-0.25, -0.2) is 0 Å². The zero-order valence-corrected chi connectivity index (χ0v) is 10.7. The van der Waals surface area contributed by atoms with E-state index >= 15 is 0 Å². The highest BCUT2D eigenvalue weighted by atomic mass is 16.5. The van der Waals surface area contributed by atoms with Crippen molar-refractivity contribution in [2.24, 2.45) is 5.41 Å². The Labute approximate surface area is 108 Å². The van der Waals surface area contributed by atoms with Crippen molar-refractivity contribution in [1.82, 2.24) is 5.32 Å². The Kier molecular flexibility index (Phi) is 2.77. The highest BCUT2D eigenvalue weighted by molar-refractivity contribution is 5.86. The molecule has 2 fully saturated rings. The lowest BCUT2D eigenvalue weighted by molar-refractivity contribution is -0.127. The summed E-state index contributed by atoms with van der Waals surface area (Å²) in [6.45, 7) is 0.770. The molecule has 18 heavy (non-hydrogen) atoms. The van der Waals surface area contributed by atoms with Crippen molar-refractivity contribution >= 4 is 5.91 Å². The lowest BCUT2D eigenvalue weighted by Gasteiger charge is -2.28. The van der Waals surface area contributed by atoms with E-state index in [0.717, 1.165) is 25.1 Å². The second-order valence-electron chi connectivity index (χ2n) is 5.40. The molecule has 1 heterocycles. The third-order valence-corrected chi connectivity index (χ3v) is 4.58. The zero-order valence-electron chi connectivity index (χ0n) is 10.7. The van der Waals surface area contributed by atoms with Gasteiger partial charge in [0.15, 0.2) is 0 Å². The van der Waals surface area contributed by atoms with Gasteiger partial charge in [0, 0.05) is 12.5 Å². The SMILES string of the molecule is COc1cccc([C@@H]2CNC(=O)C23CCCC3)c1. The van der Waals surface area contributed by atoms with E-state index in [-0.39, 0.29) is 11.3 Å². The molecule has 0 radical (unpaired) electrons. The first-order valence-corrected chi connectivity index (χ1v) is 6.68. The van der Waals surface area contributed by atoms with Gasteiger partial charge in [0.25, 0.3) is 0 Å². The van der Waals surface area contributed by atoms with Gasteiger partial charge in [0.2, 0.25) is 5.91 Å². The molecule has 1 saturated carbocycles. The van der Waals surface area contributed by atoms with Crippen LogP contribution >= 0.6 is 0 Å². The van der Waals surface area contributed by atoms with Crippen LogP contribution in [0.5, 0.6) is 5.75 Å². The molecule has 1 aromatic carbocycles. The van der Waals surface area contributed by atoms with Crippen molar-refractivity contribution in [2.75, 3.05) is 13.7 Å². The summed E-state index contributed by atoms with van der Waals surface area (Å²) in [5, 5.41) is 3.06. The molecule has 2 aliphatic rings. The molecule has 1 saturated heterocycles. The molecule has 1 aliphatic heterocycles. The van der Waals surface area contributed by atoms with Crippen molar-refractivity contribution < 1.29 is 9.53 Å². The van der Waals surface area contributed by atoms with Gasteiger partial charge in [-0.3, -0.25) is 4.79 Å². The summed E-state index contributed by atoms with van der Waals surface area (Å²) in [4.78, 5) is 12.2. The van der Waals surface area contributed by atoms with Gasteiger partial charge in [-0.1, -0.05) is 25.0 Å². The lowest BCUT2D eigenvalue weighted by Crippen LogP contribution is -2.31. The number of hydrogen-bond donors (Lipinski definition) is 1. The van der Waals surface area contributed by atoms with Crippen molar-refractivity contribution in [1.29, 1.82) is 0 Å². The largest absolute Gasteiger partial charge is 0.497 e. The van der Waals surface area contributed by atoms with Gasteiger partial charge < -0.3 is 10.1 Å². The highest BCUT2D eigenvalue weighted by Crippen LogP contribution is 2.51. The fourth-order valence-corrected chi connectivity index (χ4v) is 3.60. The second-order valence-corrected chi connectivity index (χ2v) is 5.40. The van der Waals surface area contributed by atoms with Gasteiger partial charge in [0.05, 0.1) is 12.5 Å². The Morgan fingerprint density at radius 1 is 1.33 bits per heavy atom. The Bertz CT molecular complexity index is 463. The van der Waals surface area contributed by atoms with Crippen LogP contribution in [0.25, 0.3) is 0 Å². The Balaban J connectivity index is 1.97. The number of ether oxygens (including phenoxy) is 1. The summed E-state index contributed by atoms with van der Waals surface area (Å²) in [5.74, 6) is 1.44. The first kappa shape index (κ1) is 11.6. The number of carbonyl (C=O) groups excluding carboxylic acids is 1. The summed E-state index contributed by atoms with van der Waals surface area (Å²) in [6, 6.07) is 8.16.